The molecule has 0 saturated carbocycles. The number of benzene rings is 2. The Labute approximate surface area is 196 Å². The van der Waals surface area contributed by atoms with E-state index in [9.17, 15) is 18.0 Å². The Bertz CT molecular complexity index is 1090. The maximum atomic E-state index is 13.2. The first-order chi connectivity index (χ1) is 15.6. The highest BCUT2D eigenvalue weighted by atomic mass is 32.2. The second-order valence-electron chi connectivity index (χ2n) is 8.66. The fourth-order valence-electron chi connectivity index (χ4n) is 3.71. The highest BCUT2D eigenvalue weighted by Gasteiger charge is 2.34. The number of hydrogen-bond donors (Lipinski definition) is 2. The highest BCUT2D eigenvalue weighted by molar-refractivity contribution is 7.89. The Balaban J connectivity index is 1.62. The van der Waals surface area contributed by atoms with Crippen LogP contribution in [0.5, 0.6) is 0 Å². The van der Waals surface area contributed by atoms with Gasteiger partial charge in [0.2, 0.25) is 15.9 Å². The molecule has 0 bridgehead atoms. The van der Waals surface area contributed by atoms with Crippen molar-refractivity contribution in [3.63, 3.8) is 0 Å². The normalized spacial score (nSPS) is 15.8. The van der Waals surface area contributed by atoms with Gasteiger partial charge in [-0.1, -0.05) is 38.1 Å². The van der Waals surface area contributed by atoms with E-state index in [0.29, 0.717) is 5.69 Å². The molecule has 33 heavy (non-hydrogen) atoms. The summed E-state index contributed by atoms with van der Waals surface area (Å²) in [4.78, 5) is 27.5. The summed E-state index contributed by atoms with van der Waals surface area (Å²) < 4.78 is 27.5. The fourth-order valence-corrected chi connectivity index (χ4v) is 5.22. The van der Waals surface area contributed by atoms with E-state index in [1.807, 2.05) is 45.9 Å². The van der Waals surface area contributed by atoms with Crippen LogP contribution in [0.25, 0.3) is 0 Å². The molecule has 2 aromatic carbocycles. The molecule has 1 saturated heterocycles. The number of carbonyl (C=O) groups is 2. The predicted octanol–water partition coefficient (Wildman–Crippen LogP) is 2.98. The summed E-state index contributed by atoms with van der Waals surface area (Å²) >= 11 is 0. The number of urea groups is 1. The van der Waals surface area contributed by atoms with Crippen LogP contribution in [-0.2, 0) is 14.8 Å². The van der Waals surface area contributed by atoms with Gasteiger partial charge in [0.15, 0.2) is 0 Å². The van der Waals surface area contributed by atoms with Gasteiger partial charge in [0.05, 0.1) is 4.90 Å². The molecule has 0 radical (unpaired) electrons. The minimum absolute atomic E-state index is 0.128. The van der Waals surface area contributed by atoms with E-state index in [1.54, 1.807) is 35.2 Å². The maximum absolute atomic E-state index is 13.2. The van der Waals surface area contributed by atoms with Gasteiger partial charge in [-0.25, -0.2) is 13.2 Å². The van der Waals surface area contributed by atoms with Gasteiger partial charge in [-0.3, -0.25) is 4.79 Å². The van der Waals surface area contributed by atoms with E-state index in [1.165, 1.54) is 4.31 Å². The highest BCUT2D eigenvalue weighted by Crippen LogP contribution is 2.21. The summed E-state index contributed by atoms with van der Waals surface area (Å²) in [6, 6.07) is 13.0. The van der Waals surface area contributed by atoms with Crippen LogP contribution >= 0.6 is 0 Å². The minimum Gasteiger partial charge on any atom is -0.338 e. The molecular formula is C24H32N4O4S. The van der Waals surface area contributed by atoms with Crippen LogP contribution in [-0.4, -0.2) is 61.8 Å². The Hall–Kier alpha value is -2.91. The number of aryl methyl sites for hydroxylation is 2. The molecule has 0 aliphatic carbocycles. The van der Waals surface area contributed by atoms with E-state index in [2.05, 4.69) is 10.6 Å². The van der Waals surface area contributed by atoms with Crippen LogP contribution in [0.2, 0.25) is 0 Å². The third kappa shape index (κ3) is 5.91. The summed E-state index contributed by atoms with van der Waals surface area (Å²) in [5, 5.41) is 5.50. The molecule has 2 N–H and O–H groups in total. The van der Waals surface area contributed by atoms with Crippen molar-refractivity contribution in [2.24, 2.45) is 5.92 Å². The van der Waals surface area contributed by atoms with Gasteiger partial charge in [-0.2, -0.15) is 4.31 Å². The number of rotatable bonds is 6. The van der Waals surface area contributed by atoms with Crippen molar-refractivity contribution in [1.29, 1.82) is 0 Å². The second-order valence-corrected chi connectivity index (χ2v) is 10.6. The molecule has 1 aliphatic heterocycles. The van der Waals surface area contributed by atoms with E-state index in [0.717, 1.165) is 11.1 Å². The lowest BCUT2D eigenvalue weighted by atomic mass is 10.0. The number of anilines is 1. The van der Waals surface area contributed by atoms with Crippen LogP contribution in [0.3, 0.4) is 0 Å². The lowest BCUT2D eigenvalue weighted by Gasteiger charge is -2.36. The van der Waals surface area contributed by atoms with Crippen molar-refractivity contribution >= 4 is 27.6 Å². The van der Waals surface area contributed by atoms with Crippen LogP contribution in [0.15, 0.2) is 53.4 Å². The number of nitrogens with zero attached hydrogens (tertiary/aromatic N) is 2. The quantitative estimate of drug-likeness (QED) is 0.675. The molecule has 0 spiro atoms. The summed E-state index contributed by atoms with van der Waals surface area (Å²) in [6.07, 6.45) is 0. The van der Waals surface area contributed by atoms with Gasteiger partial charge in [-0.15, -0.1) is 0 Å². The van der Waals surface area contributed by atoms with Crippen molar-refractivity contribution in [2.45, 2.75) is 38.6 Å². The lowest BCUT2D eigenvalue weighted by Crippen LogP contribution is -2.57. The minimum atomic E-state index is -3.62. The number of carbonyl (C=O) groups excluding carboxylic acids is 2. The van der Waals surface area contributed by atoms with E-state index in [4.69, 9.17) is 0 Å². The number of nitrogens with one attached hydrogen (secondary N) is 2. The van der Waals surface area contributed by atoms with Crippen molar-refractivity contribution in [3.8, 4) is 0 Å². The van der Waals surface area contributed by atoms with Gasteiger partial charge in [0, 0.05) is 31.9 Å². The van der Waals surface area contributed by atoms with Crippen molar-refractivity contribution < 1.29 is 18.0 Å². The fraction of sp³-hybridized carbons (Fsp3) is 0.417. The standard InChI is InChI=1S/C24H32N4O4S/c1-17(2)22(26-24(30)25-20-8-6-5-7-9-20)23(29)27-12-14-28(15-13-27)33(31,32)21-11-10-18(3)19(4)16-21/h5-11,16-17,22H,12-15H2,1-4H3,(H2,25,26,30). The first-order valence-electron chi connectivity index (χ1n) is 11.1. The summed E-state index contributed by atoms with van der Waals surface area (Å²) in [7, 11) is -3.62. The van der Waals surface area contributed by atoms with Crippen LogP contribution in [0.4, 0.5) is 10.5 Å². The molecule has 2 aromatic rings. The molecule has 1 unspecified atom stereocenters. The summed E-state index contributed by atoms with van der Waals surface area (Å²) in [5.41, 5.74) is 2.59. The van der Waals surface area contributed by atoms with Gasteiger partial charge in [0.1, 0.15) is 6.04 Å². The lowest BCUT2D eigenvalue weighted by molar-refractivity contribution is -0.135. The largest absolute Gasteiger partial charge is 0.338 e. The number of amides is 3. The summed E-state index contributed by atoms with van der Waals surface area (Å²) in [5.74, 6) is -0.340. The van der Waals surface area contributed by atoms with E-state index in [-0.39, 0.29) is 42.9 Å². The van der Waals surface area contributed by atoms with Crippen molar-refractivity contribution in [1.82, 2.24) is 14.5 Å². The molecule has 1 heterocycles. The Morgan fingerprint density at radius 3 is 2.12 bits per heavy atom. The molecule has 1 aliphatic rings. The molecule has 0 aromatic heterocycles. The van der Waals surface area contributed by atoms with Gasteiger partial charge < -0.3 is 15.5 Å². The first-order valence-corrected chi connectivity index (χ1v) is 12.5. The van der Waals surface area contributed by atoms with Crippen molar-refractivity contribution in [3.05, 3.63) is 59.7 Å². The van der Waals surface area contributed by atoms with Crippen LogP contribution in [0.1, 0.15) is 25.0 Å². The molecule has 3 amide bonds. The average Bonchev–Trinajstić information content (AvgIpc) is 2.79. The molecule has 9 heteroatoms. The zero-order valence-corrected chi connectivity index (χ0v) is 20.4. The third-order valence-electron chi connectivity index (χ3n) is 5.92. The first kappa shape index (κ1) is 24.7. The second kappa shape index (κ2) is 10.4. The maximum Gasteiger partial charge on any atom is 0.319 e. The topological polar surface area (TPSA) is 98.8 Å². The Morgan fingerprint density at radius 2 is 1.55 bits per heavy atom. The molecule has 178 valence electrons. The average molecular weight is 473 g/mol. The van der Waals surface area contributed by atoms with Gasteiger partial charge in [0.25, 0.3) is 0 Å². The molecule has 1 fully saturated rings. The number of piperazine rings is 1. The SMILES string of the molecule is Cc1ccc(S(=O)(=O)N2CCN(C(=O)C(NC(=O)Nc3ccccc3)C(C)C)CC2)cc1C. The zero-order valence-electron chi connectivity index (χ0n) is 19.5. The van der Waals surface area contributed by atoms with Gasteiger partial charge >= 0.3 is 6.03 Å². The Morgan fingerprint density at radius 1 is 0.909 bits per heavy atom. The van der Waals surface area contributed by atoms with E-state index >= 15 is 0 Å². The monoisotopic (exact) mass is 472 g/mol. The predicted molar refractivity (Wildman–Crippen MR) is 128 cm³/mol. The smallest absolute Gasteiger partial charge is 0.319 e. The van der Waals surface area contributed by atoms with Crippen molar-refractivity contribution in [2.75, 3.05) is 31.5 Å². The van der Waals surface area contributed by atoms with Crippen LogP contribution < -0.4 is 10.6 Å². The number of hydrogen-bond acceptors (Lipinski definition) is 4. The van der Waals surface area contributed by atoms with E-state index < -0.39 is 22.1 Å². The van der Waals surface area contributed by atoms with Crippen LogP contribution in [0, 0.1) is 19.8 Å². The molecule has 1 atom stereocenters. The molecule has 8 nitrogen and oxygen atoms in total. The zero-order chi connectivity index (χ0) is 24.2. The number of sulfonamides is 1. The summed E-state index contributed by atoms with van der Waals surface area (Å²) in [6.45, 7) is 8.53. The molecular weight excluding hydrogens is 440 g/mol. The van der Waals surface area contributed by atoms with Gasteiger partial charge in [-0.05, 0) is 55.2 Å². The molecule has 3 rings (SSSR count). The third-order valence-corrected chi connectivity index (χ3v) is 7.81. The number of para-hydroxylation sites is 1. The Kier molecular flexibility index (Phi) is 7.76.